The van der Waals surface area contributed by atoms with Crippen molar-refractivity contribution in [2.45, 2.75) is 6.04 Å². The molecule has 1 aliphatic heterocycles. The van der Waals surface area contributed by atoms with Crippen LogP contribution in [0.4, 0.5) is 0 Å². The maximum absolute atomic E-state index is 5.37. The van der Waals surface area contributed by atoms with Gasteiger partial charge in [0.05, 0.1) is 23.0 Å². The van der Waals surface area contributed by atoms with E-state index in [9.17, 15) is 0 Å². The summed E-state index contributed by atoms with van der Waals surface area (Å²) in [6.07, 6.45) is 0. The summed E-state index contributed by atoms with van der Waals surface area (Å²) in [5.41, 5.74) is 1.33. The summed E-state index contributed by atoms with van der Waals surface area (Å²) in [6, 6.07) is 2.54. The summed E-state index contributed by atoms with van der Waals surface area (Å²) in [4.78, 5) is 0. The van der Waals surface area contributed by atoms with Crippen molar-refractivity contribution in [3.8, 4) is 0 Å². The average molecular weight is 248 g/mol. The molecule has 12 heavy (non-hydrogen) atoms. The molecule has 4 heteroatoms. The minimum atomic E-state index is 0.390. The fourth-order valence-corrected chi connectivity index (χ4v) is 2.52. The van der Waals surface area contributed by atoms with Gasteiger partial charge in [-0.25, -0.2) is 0 Å². The van der Waals surface area contributed by atoms with Crippen LogP contribution in [0.5, 0.6) is 0 Å². The molecule has 0 amide bonds. The highest BCUT2D eigenvalue weighted by molar-refractivity contribution is 9.11. The zero-order valence-electron chi connectivity index (χ0n) is 6.55. The van der Waals surface area contributed by atoms with Gasteiger partial charge in [-0.1, -0.05) is 0 Å². The molecule has 1 aromatic rings. The van der Waals surface area contributed by atoms with E-state index in [1.165, 1.54) is 9.35 Å². The molecule has 0 saturated carbocycles. The number of ether oxygens (including phenoxy) is 1. The van der Waals surface area contributed by atoms with E-state index in [0.29, 0.717) is 6.04 Å². The third-order valence-electron chi connectivity index (χ3n) is 1.91. The third kappa shape index (κ3) is 1.88. The van der Waals surface area contributed by atoms with Crippen molar-refractivity contribution in [1.82, 2.24) is 5.32 Å². The monoisotopic (exact) mass is 247 g/mol. The molecule has 0 bridgehead atoms. The van der Waals surface area contributed by atoms with Gasteiger partial charge >= 0.3 is 0 Å². The van der Waals surface area contributed by atoms with E-state index < -0.39 is 0 Å². The molecule has 0 aromatic carbocycles. The summed E-state index contributed by atoms with van der Waals surface area (Å²) < 4.78 is 6.56. The van der Waals surface area contributed by atoms with E-state index in [0.717, 1.165) is 19.8 Å². The Hall–Kier alpha value is 0.1000. The first-order valence-electron chi connectivity index (χ1n) is 3.91. The third-order valence-corrected chi connectivity index (χ3v) is 3.43. The van der Waals surface area contributed by atoms with E-state index in [-0.39, 0.29) is 0 Å². The first-order chi connectivity index (χ1) is 5.86. The first kappa shape index (κ1) is 8.69. The lowest BCUT2D eigenvalue weighted by Gasteiger charge is -2.22. The Kier molecular flexibility index (Phi) is 2.80. The van der Waals surface area contributed by atoms with Gasteiger partial charge in [-0.15, -0.1) is 11.3 Å². The van der Waals surface area contributed by atoms with Crippen LogP contribution < -0.4 is 5.32 Å². The molecule has 2 nitrogen and oxygen atoms in total. The molecular weight excluding hydrogens is 238 g/mol. The van der Waals surface area contributed by atoms with Gasteiger partial charge in [0.1, 0.15) is 0 Å². The SMILES string of the molecule is Brc1cc(C2COCCN2)cs1. The van der Waals surface area contributed by atoms with E-state index in [4.69, 9.17) is 4.74 Å². The number of hydrogen-bond acceptors (Lipinski definition) is 3. The summed E-state index contributed by atoms with van der Waals surface area (Å²) in [7, 11) is 0. The van der Waals surface area contributed by atoms with Crippen LogP contribution in [0, 0.1) is 0 Å². The molecule has 66 valence electrons. The highest BCUT2D eigenvalue weighted by atomic mass is 79.9. The quantitative estimate of drug-likeness (QED) is 0.822. The zero-order valence-corrected chi connectivity index (χ0v) is 8.95. The van der Waals surface area contributed by atoms with Crippen molar-refractivity contribution in [3.05, 3.63) is 20.8 Å². The minimum absolute atomic E-state index is 0.390. The second-order valence-corrected chi connectivity index (χ2v) is 5.06. The maximum atomic E-state index is 5.37. The molecule has 1 unspecified atom stereocenters. The Bertz CT molecular complexity index is 257. The molecule has 1 aromatic heterocycles. The lowest BCUT2D eigenvalue weighted by molar-refractivity contribution is 0.0770. The zero-order chi connectivity index (χ0) is 8.39. The Labute approximate surface area is 84.1 Å². The smallest absolute Gasteiger partial charge is 0.0701 e. The van der Waals surface area contributed by atoms with E-state index in [1.807, 2.05) is 0 Å². The predicted octanol–water partition coefficient (Wildman–Crippen LogP) is 2.17. The van der Waals surface area contributed by atoms with Crippen LogP contribution in [0.3, 0.4) is 0 Å². The van der Waals surface area contributed by atoms with Gasteiger partial charge in [-0.2, -0.15) is 0 Å². The normalized spacial score (nSPS) is 24.2. The number of thiophene rings is 1. The van der Waals surface area contributed by atoms with Crippen molar-refractivity contribution in [2.24, 2.45) is 0 Å². The Morgan fingerprint density at radius 1 is 1.67 bits per heavy atom. The Balaban J connectivity index is 2.08. The second-order valence-electron chi connectivity index (χ2n) is 2.77. The van der Waals surface area contributed by atoms with Gasteiger partial charge in [0.15, 0.2) is 0 Å². The van der Waals surface area contributed by atoms with Crippen molar-refractivity contribution in [3.63, 3.8) is 0 Å². The summed E-state index contributed by atoms with van der Waals surface area (Å²) in [5.74, 6) is 0. The van der Waals surface area contributed by atoms with Crippen LogP contribution in [0.1, 0.15) is 11.6 Å². The van der Waals surface area contributed by atoms with E-state index in [1.54, 1.807) is 11.3 Å². The fourth-order valence-electron chi connectivity index (χ4n) is 1.29. The topological polar surface area (TPSA) is 21.3 Å². The molecule has 1 aliphatic rings. The molecule has 1 saturated heterocycles. The maximum Gasteiger partial charge on any atom is 0.0701 e. The molecule has 1 N–H and O–H groups in total. The molecule has 1 fully saturated rings. The largest absolute Gasteiger partial charge is 0.378 e. The standard InChI is InChI=1S/C8H10BrNOS/c9-8-3-6(5-12-8)7-4-11-2-1-10-7/h3,5,7,10H,1-2,4H2. The van der Waals surface area contributed by atoms with Crippen molar-refractivity contribution < 1.29 is 4.74 Å². The summed E-state index contributed by atoms with van der Waals surface area (Å²) in [6.45, 7) is 2.59. The number of halogens is 1. The van der Waals surface area contributed by atoms with Crippen LogP contribution in [0.25, 0.3) is 0 Å². The van der Waals surface area contributed by atoms with Gasteiger partial charge in [0, 0.05) is 6.54 Å². The fraction of sp³-hybridized carbons (Fsp3) is 0.500. The van der Waals surface area contributed by atoms with Gasteiger partial charge in [0.2, 0.25) is 0 Å². The van der Waals surface area contributed by atoms with Gasteiger partial charge in [-0.3, -0.25) is 0 Å². The van der Waals surface area contributed by atoms with Crippen molar-refractivity contribution >= 4 is 27.3 Å². The second kappa shape index (κ2) is 3.87. The number of rotatable bonds is 1. The van der Waals surface area contributed by atoms with Gasteiger partial charge in [0.25, 0.3) is 0 Å². The Morgan fingerprint density at radius 3 is 3.17 bits per heavy atom. The average Bonchev–Trinajstić information content (AvgIpc) is 2.54. The number of morpholine rings is 1. The number of hydrogen-bond donors (Lipinski definition) is 1. The molecule has 2 heterocycles. The Morgan fingerprint density at radius 2 is 2.58 bits per heavy atom. The van der Waals surface area contributed by atoms with Gasteiger partial charge in [-0.05, 0) is 32.9 Å². The highest BCUT2D eigenvalue weighted by Gasteiger charge is 2.15. The molecule has 0 aliphatic carbocycles. The molecule has 0 spiro atoms. The van der Waals surface area contributed by atoms with Crippen LogP contribution in [-0.2, 0) is 4.74 Å². The minimum Gasteiger partial charge on any atom is -0.378 e. The predicted molar refractivity (Wildman–Crippen MR) is 53.6 cm³/mol. The first-order valence-corrected chi connectivity index (χ1v) is 5.58. The van der Waals surface area contributed by atoms with Crippen LogP contribution >= 0.6 is 27.3 Å². The molecular formula is C8H10BrNOS. The van der Waals surface area contributed by atoms with E-state index in [2.05, 4.69) is 32.7 Å². The van der Waals surface area contributed by atoms with Crippen LogP contribution in [0.2, 0.25) is 0 Å². The molecule has 2 rings (SSSR count). The molecule has 0 radical (unpaired) electrons. The summed E-state index contributed by atoms with van der Waals surface area (Å²) >= 11 is 5.17. The molecule has 1 atom stereocenters. The lowest BCUT2D eigenvalue weighted by Crippen LogP contribution is -2.34. The van der Waals surface area contributed by atoms with Crippen molar-refractivity contribution in [2.75, 3.05) is 19.8 Å². The van der Waals surface area contributed by atoms with Crippen LogP contribution in [0.15, 0.2) is 15.2 Å². The lowest BCUT2D eigenvalue weighted by atomic mass is 10.1. The highest BCUT2D eigenvalue weighted by Crippen LogP contribution is 2.26. The summed E-state index contributed by atoms with van der Waals surface area (Å²) in [5, 5.41) is 5.57. The van der Waals surface area contributed by atoms with E-state index >= 15 is 0 Å². The van der Waals surface area contributed by atoms with Crippen molar-refractivity contribution in [1.29, 1.82) is 0 Å². The number of nitrogens with one attached hydrogen (secondary N) is 1. The van der Waals surface area contributed by atoms with Crippen LogP contribution in [-0.4, -0.2) is 19.8 Å². The van der Waals surface area contributed by atoms with Gasteiger partial charge < -0.3 is 10.1 Å².